The van der Waals surface area contributed by atoms with Crippen LogP contribution in [-0.4, -0.2) is 30.3 Å². The van der Waals surface area contributed by atoms with Crippen molar-refractivity contribution >= 4 is 16.9 Å². The van der Waals surface area contributed by atoms with Crippen LogP contribution in [-0.2, 0) is 4.74 Å². The van der Waals surface area contributed by atoms with Crippen molar-refractivity contribution in [2.75, 3.05) is 7.11 Å². The zero-order chi connectivity index (χ0) is 17.0. The molecule has 126 valence electrons. The number of esters is 1. The fourth-order valence-electron chi connectivity index (χ4n) is 2.47. The maximum absolute atomic E-state index is 11.8. The molecular weight excluding hydrogens is 294 g/mol. The number of rotatable bonds is 7. The Kier molecular flexibility index (Phi) is 5.53. The highest BCUT2D eigenvalue weighted by Gasteiger charge is 2.16. The molecule has 1 heterocycles. The van der Waals surface area contributed by atoms with Gasteiger partial charge >= 0.3 is 5.97 Å². The van der Waals surface area contributed by atoms with Crippen molar-refractivity contribution in [2.24, 2.45) is 0 Å². The molecule has 0 saturated heterocycles. The van der Waals surface area contributed by atoms with Crippen LogP contribution in [0.1, 0.15) is 51.0 Å². The average Bonchev–Trinajstić information content (AvgIpc) is 2.95. The third kappa shape index (κ3) is 3.97. The molecule has 1 N–H and O–H groups in total. The molecule has 1 aromatic carbocycles. The molecule has 5 nitrogen and oxygen atoms in total. The molecule has 0 saturated carbocycles. The van der Waals surface area contributed by atoms with Crippen molar-refractivity contribution < 1.29 is 19.0 Å². The van der Waals surface area contributed by atoms with E-state index in [9.17, 15) is 4.79 Å². The van der Waals surface area contributed by atoms with Gasteiger partial charge in [-0.15, -0.1) is 0 Å². The summed E-state index contributed by atoms with van der Waals surface area (Å²) < 4.78 is 16.7. The Morgan fingerprint density at radius 2 is 1.83 bits per heavy atom. The quantitative estimate of drug-likeness (QED) is 0.773. The molecule has 0 aliphatic carbocycles. The van der Waals surface area contributed by atoms with E-state index in [4.69, 9.17) is 14.2 Å². The highest BCUT2D eigenvalue weighted by molar-refractivity contribution is 5.97. The van der Waals surface area contributed by atoms with Gasteiger partial charge in [-0.3, -0.25) is 0 Å². The molecular formula is C18H25NO4. The Hall–Kier alpha value is -2.17. The maximum Gasteiger partial charge on any atom is 0.354 e. The van der Waals surface area contributed by atoms with Gasteiger partial charge in [0.15, 0.2) is 0 Å². The molecule has 2 rings (SSSR count). The second-order valence-electron chi connectivity index (χ2n) is 5.78. The Balaban J connectivity index is 2.50. The van der Waals surface area contributed by atoms with Crippen LogP contribution < -0.4 is 9.47 Å². The summed E-state index contributed by atoms with van der Waals surface area (Å²) in [5.74, 6) is 1.03. The molecule has 0 aliphatic heterocycles. The summed E-state index contributed by atoms with van der Waals surface area (Å²) in [5, 5.41) is 0.855. The summed E-state index contributed by atoms with van der Waals surface area (Å²) in [6.07, 6.45) is 2.02. The van der Waals surface area contributed by atoms with E-state index < -0.39 is 5.97 Å². The largest absolute Gasteiger partial charge is 0.491 e. The lowest BCUT2D eigenvalue weighted by Crippen LogP contribution is -2.14. The summed E-state index contributed by atoms with van der Waals surface area (Å²) in [6.45, 7) is 8.13. The SMILES string of the molecule is CCC(CC)Oc1cc(OC(C)C)cc2[nH]c(C(=O)OC)cc12. The predicted octanol–water partition coefficient (Wildman–Crippen LogP) is 4.31. The van der Waals surface area contributed by atoms with Crippen LogP contribution in [0.5, 0.6) is 11.5 Å². The Morgan fingerprint density at radius 1 is 1.13 bits per heavy atom. The molecule has 0 atom stereocenters. The third-order valence-electron chi connectivity index (χ3n) is 3.66. The number of carbonyl (C=O) groups is 1. The zero-order valence-electron chi connectivity index (χ0n) is 14.4. The maximum atomic E-state index is 11.8. The van der Waals surface area contributed by atoms with Gasteiger partial charge in [0, 0.05) is 17.5 Å². The molecule has 5 heteroatoms. The summed E-state index contributed by atoms with van der Waals surface area (Å²) >= 11 is 0. The summed E-state index contributed by atoms with van der Waals surface area (Å²) in [7, 11) is 1.36. The molecule has 1 aromatic heterocycles. The van der Waals surface area contributed by atoms with Crippen molar-refractivity contribution in [1.29, 1.82) is 0 Å². The fraction of sp³-hybridized carbons (Fsp3) is 0.500. The Morgan fingerprint density at radius 3 is 2.39 bits per heavy atom. The first-order valence-electron chi connectivity index (χ1n) is 8.06. The summed E-state index contributed by atoms with van der Waals surface area (Å²) in [6, 6.07) is 5.52. The minimum Gasteiger partial charge on any atom is -0.491 e. The van der Waals surface area contributed by atoms with Crippen molar-refractivity contribution in [3.63, 3.8) is 0 Å². The van der Waals surface area contributed by atoms with Crippen LogP contribution in [0.15, 0.2) is 18.2 Å². The van der Waals surface area contributed by atoms with Gasteiger partial charge in [-0.25, -0.2) is 4.79 Å². The van der Waals surface area contributed by atoms with Gasteiger partial charge in [-0.05, 0) is 32.8 Å². The monoisotopic (exact) mass is 319 g/mol. The number of benzene rings is 1. The lowest BCUT2D eigenvalue weighted by atomic mass is 10.2. The van der Waals surface area contributed by atoms with E-state index >= 15 is 0 Å². The van der Waals surface area contributed by atoms with Crippen molar-refractivity contribution in [2.45, 2.75) is 52.7 Å². The second-order valence-corrected chi connectivity index (χ2v) is 5.78. The topological polar surface area (TPSA) is 60.5 Å². The van der Waals surface area contributed by atoms with E-state index in [2.05, 4.69) is 18.8 Å². The van der Waals surface area contributed by atoms with E-state index in [0.29, 0.717) is 11.4 Å². The number of aromatic amines is 1. The van der Waals surface area contributed by atoms with Crippen molar-refractivity contribution in [3.05, 3.63) is 23.9 Å². The van der Waals surface area contributed by atoms with Gasteiger partial charge in [0.2, 0.25) is 0 Å². The molecule has 0 amide bonds. The molecule has 0 radical (unpaired) electrons. The first kappa shape index (κ1) is 17.2. The highest BCUT2D eigenvalue weighted by Crippen LogP contribution is 2.33. The van der Waals surface area contributed by atoms with Gasteiger partial charge in [-0.2, -0.15) is 0 Å². The van der Waals surface area contributed by atoms with Crippen LogP contribution in [0.3, 0.4) is 0 Å². The van der Waals surface area contributed by atoms with Gasteiger partial charge in [0.05, 0.1) is 24.8 Å². The van der Waals surface area contributed by atoms with Crippen molar-refractivity contribution in [1.82, 2.24) is 4.98 Å². The van der Waals surface area contributed by atoms with E-state index in [1.165, 1.54) is 7.11 Å². The molecule has 2 aromatic rings. The van der Waals surface area contributed by atoms with Crippen LogP contribution in [0, 0.1) is 0 Å². The minimum absolute atomic E-state index is 0.0588. The van der Waals surface area contributed by atoms with E-state index in [0.717, 1.165) is 29.5 Å². The lowest BCUT2D eigenvalue weighted by molar-refractivity contribution is 0.0595. The molecule has 0 spiro atoms. The molecule has 0 bridgehead atoms. The number of aromatic nitrogens is 1. The molecule has 0 fully saturated rings. The highest BCUT2D eigenvalue weighted by atomic mass is 16.5. The first-order valence-corrected chi connectivity index (χ1v) is 8.06. The summed E-state index contributed by atoms with van der Waals surface area (Å²) in [5.41, 5.74) is 1.20. The van der Waals surface area contributed by atoms with Crippen LogP contribution >= 0.6 is 0 Å². The van der Waals surface area contributed by atoms with Gasteiger partial charge < -0.3 is 19.2 Å². The number of ether oxygens (including phenoxy) is 3. The molecule has 0 aliphatic rings. The van der Waals surface area contributed by atoms with E-state index in [1.807, 2.05) is 26.0 Å². The van der Waals surface area contributed by atoms with Crippen molar-refractivity contribution in [3.8, 4) is 11.5 Å². The second kappa shape index (κ2) is 7.40. The van der Waals surface area contributed by atoms with E-state index in [-0.39, 0.29) is 12.2 Å². The number of methoxy groups -OCH3 is 1. The Labute approximate surface area is 136 Å². The number of fused-ring (bicyclic) bond motifs is 1. The minimum atomic E-state index is -0.402. The first-order chi connectivity index (χ1) is 11.0. The third-order valence-corrected chi connectivity index (χ3v) is 3.66. The number of nitrogens with one attached hydrogen (secondary N) is 1. The number of hydrogen-bond donors (Lipinski definition) is 1. The number of carbonyl (C=O) groups excluding carboxylic acids is 1. The lowest BCUT2D eigenvalue weighted by Gasteiger charge is -2.18. The normalized spacial score (nSPS) is 11.3. The number of hydrogen-bond acceptors (Lipinski definition) is 4. The van der Waals surface area contributed by atoms with Gasteiger partial charge in [-0.1, -0.05) is 13.8 Å². The predicted molar refractivity (Wildman–Crippen MR) is 90.4 cm³/mol. The number of H-pyrrole nitrogens is 1. The van der Waals surface area contributed by atoms with Crippen LogP contribution in [0.25, 0.3) is 10.9 Å². The van der Waals surface area contributed by atoms with Gasteiger partial charge in [0.1, 0.15) is 17.2 Å². The fourth-order valence-corrected chi connectivity index (χ4v) is 2.47. The molecule has 0 unspecified atom stereocenters. The van der Waals surface area contributed by atoms with Crippen LogP contribution in [0.2, 0.25) is 0 Å². The van der Waals surface area contributed by atoms with E-state index in [1.54, 1.807) is 6.07 Å². The van der Waals surface area contributed by atoms with Gasteiger partial charge in [0.25, 0.3) is 0 Å². The average molecular weight is 319 g/mol. The zero-order valence-corrected chi connectivity index (χ0v) is 14.4. The molecule has 23 heavy (non-hydrogen) atoms. The van der Waals surface area contributed by atoms with Crippen LogP contribution in [0.4, 0.5) is 0 Å². The summed E-state index contributed by atoms with van der Waals surface area (Å²) in [4.78, 5) is 14.8. The standard InChI is InChI=1S/C18H25NO4/c1-6-12(7-2)23-17-9-13(22-11(3)4)8-15-14(17)10-16(19-15)18(20)21-5/h8-12,19H,6-7H2,1-5H3. The smallest absolute Gasteiger partial charge is 0.354 e. The Bertz CT molecular complexity index is 671.